The molecule has 15 heteroatoms. The van der Waals surface area contributed by atoms with Gasteiger partial charge in [-0.1, -0.05) is 0 Å². The van der Waals surface area contributed by atoms with Crippen LogP contribution in [-0.4, -0.2) is 69.2 Å². The molecule has 0 atom stereocenters. The number of carbonyl (C=O) groups is 2. The number of pyridine rings is 1. The van der Waals surface area contributed by atoms with Crippen LogP contribution in [0.15, 0.2) is 29.9 Å². The molecule has 2 aliphatic rings. The van der Waals surface area contributed by atoms with Crippen LogP contribution in [-0.2, 0) is 14.3 Å². The first kappa shape index (κ1) is 28.7. The number of amides is 1. The normalized spacial score (nSPS) is 18.8. The molecule has 41 heavy (non-hydrogen) atoms. The predicted octanol–water partition coefficient (Wildman–Crippen LogP) is 3.07. The van der Waals surface area contributed by atoms with Crippen molar-refractivity contribution in [2.45, 2.75) is 44.8 Å². The van der Waals surface area contributed by atoms with Crippen LogP contribution in [0.3, 0.4) is 0 Å². The van der Waals surface area contributed by atoms with Crippen LogP contribution in [0.25, 0.3) is 17.0 Å². The van der Waals surface area contributed by atoms with Crippen LogP contribution in [0.1, 0.15) is 54.1 Å². The molecule has 0 spiro atoms. The van der Waals surface area contributed by atoms with Crippen LogP contribution in [0.5, 0.6) is 0 Å². The summed E-state index contributed by atoms with van der Waals surface area (Å²) in [5, 5.41) is 11.1. The Kier molecular flexibility index (Phi) is 8.97. The Morgan fingerprint density at radius 2 is 2.00 bits per heavy atom. The first-order valence-corrected chi connectivity index (χ1v) is 14.1. The molecule has 1 aliphatic carbocycles. The first-order chi connectivity index (χ1) is 19.8. The highest BCUT2D eigenvalue weighted by molar-refractivity contribution is 7.11. The topological polar surface area (TPSA) is 150 Å². The van der Waals surface area contributed by atoms with Crippen molar-refractivity contribution in [3.8, 4) is 11.4 Å². The number of thiazole rings is 1. The average molecular weight is 589 g/mol. The van der Waals surface area contributed by atoms with E-state index in [4.69, 9.17) is 15.2 Å². The minimum absolute atomic E-state index is 0.00692. The zero-order chi connectivity index (χ0) is 28.9. The van der Waals surface area contributed by atoms with E-state index >= 15 is 0 Å². The molecule has 1 amide bonds. The van der Waals surface area contributed by atoms with Gasteiger partial charge in [-0.15, -0.1) is 11.3 Å². The van der Waals surface area contributed by atoms with E-state index in [-0.39, 0.29) is 48.2 Å². The molecule has 1 fully saturated rings. The molecule has 0 bridgehead atoms. The molecule has 4 N–H and O–H groups in total. The number of anilines is 1. The Morgan fingerprint density at radius 3 is 2.76 bits per heavy atom. The van der Waals surface area contributed by atoms with Crippen molar-refractivity contribution in [1.82, 2.24) is 30.2 Å². The summed E-state index contributed by atoms with van der Waals surface area (Å²) < 4.78 is 41.2. The molecule has 218 valence electrons. The van der Waals surface area contributed by atoms with Crippen molar-refractivity contribution in [2.75, 3.05) is 31.7 Å². The highest BCUT2D eigenvalue weighted by Crippen LogP contribution is 2.34. The molecular weight excluding hydrogens is 558 g/mol. The number of nitrogens with one attached hydrogen (secondary N) is 2. The fourth-order valence-electron chi connectivity index (χ4n) is 4.73. The number of nitrogens with two attached hydrogens (primary N) is 1. The van der Waals surface area contributed by atoms with Crippen LogP contribution in [0.4, 0.5) is 14.5 Å². The first-order valence-electron chi connectivity index (χ1n) is 13.2. The number of halogens is 2. The van der Waals surface area contributed by atoms with E-state index in [2.05, 4.69) is 25.8 Å². The molecule has 3 aromatic rings. The smallest absolute Gasteiger partial charge is 0.321 e. The van der Waals surface area contributed by atoms with Crippen molar-refractivity contribution >= 4 is 34.5 Å². The van der Waals surface area contributed by atoms with E-state index < -0.39 is 23.6 Å². The Hall–Kier alpha value is -3.79. The molecule has 4 heterocycles. The summed E-state index contributed by atoms with van der Waals surface area (Å²) in [5.74, 6) is -2.69. The van der Waals surface area contributed by atoms with Crippen molar-refractivity contribution < 1.29 is 27.8 Å². The molecule has 3 aromatic heterocycles. The average Bonchev–Trinajstić information content (AvgIpc) is 3.74. The zero-order valence-corrected chi connectivity index (χ0v) is 23.1. The van der Waals surface area contributed by atoms with Gasteiger partial charge in [0, 0.05) is 36.5 Å². The van der Waals surface area contributed by atoms with Gasteiger partial charge in [0.1, 0.15) is 22.1 Å². The summed E-state index contributed by atoms with van der Waals surface area (Å²) in [6.45, 7) is 2.79. The maximum absolute atomic E-state index is 14.7. The van der Waals surface area contributed by atoms with Crippen molar-refractivity contribution in [3.05, 3.63) is 52.4 Å². The summed E-state index contributed by atoms with van der Waals surface area (Å²) in [6.07, 6.45) is 6.82. The van der Waals surface area contributed by atoms with Crippen LogP contribution < -0.4 is 16.5 Å². The van der Waals surface area contributed by atoms with Gasteiger partial charge in [0.05, 0.1) is 24.4 Å². The van der Waals surface area contributed by atoms with Gasteiger partial charge in [0.2, 0.25) is 5.95 Å². The molecule has 0 unspecified atom stereocenters. The van der Waals surface area contributed by atoms with Crippen molar-refractivity contribution in [3.63, 3.8) is 0 Å². The number of carbonyl (C=O) groups excluding carboxylic acids is 2. The Balaban J connectivity index is 1.34. The van der Waals surface area contributed by atoms with Crippen molar-refractivity contribution in [2.24, 2.45) is 5.73 Å². The predicted molar refractivity (Wildman–Crippen MR) is 146 cm³/mol. The van der Waals surface area contributed by atoms with Gasteiger partial charge in [-0.05, 0) is 44.7 Å². The van der Waals surface area contributed by atoms with Crippen LogP contribution in [0, 0.1) is 11.8 Å². The van der Waals surface area contributed by atoms with Crippen molar-refractivity contribution in [1.29, 1.82) is 0 Å². The molecule has 0 saturated heterocycles. The lowest BCUT2D eigenvalue weighted by molar-refractivity contribution is -0.146. The second kappa shape index (κ2) is 12.8. The lowest BCUT2D eigenvalue weighted by atomic mass is 9.93. The lowest BCUT2D eigenvalue weighted by Crippen LogP contribution is -2.33. The van der Waals surface area contributed by atoms with Gasteiger partial charge in [-0.25, -0.2) is 19.8 Å². The standard InChI is InChI=1S/C26H30F2N8O4S/c1-2-39-17-5-3-16(4-6-17)36-12-19(24(34-36)23-18(27)7-8-21(28)33-23)31-25(38)20-13-41-26(32-20)15-10-30-35(11-15)14-40-22(37)9-29/h7-8,11-13,16-17,30H,2-6,9-10,14,29H2,1H3,(H,31,38). The third-order valence-electron chi connectivity index (χ3n) is 6.76. The van der Waals surface area contributed by atoms with E-state index in [1.165, 1.54) is 11.3 Å². The zero-order valence-electron chi connectivity index (χ0n) is 22.3. The monoisotopic (exact) mass is 588 g/mol. The Morgan fingerprint density at radius 1 is 1.20 bits per heavy atom. The van der Waals surface area contributed by atoms with E-state index in [0.29, 0.717) is 18.2 Å². The second-order valence-electron chi connectivity index (χ2n) is 9.52. The number of esters is 1. The van der Waals surface area contributed by atoms with Crippen LogP contribution >= 0.6 is 11.3 Å². The molecule has 5 rings (SSSR count). The SMILES string of the molecule is CCOC1CCC(n2cc(NC(=O)c3csc(C4=CN(COC(=O)CN)NC4)n3)c(-c3nc(F)ccc3F)n2)CC1. The maximum Gasteiger partial charge on any atom is 0.321 e. The van der Waals surface area contributed by atoms with Gasteiger partial charge in [0.15, 0.2) is 12.5 Å². The number of rotatable bonds is 10. The molecule has 0 radical (unpaired) electrons. The second-order valence-corrected chi connectivity index (χ2v) is 10.4. The largest absolute Gasteiger partial charge is 0.442 e. The number of ether oxygens (including phenoxy) is 2. The summed E-state index contributed by atoms with van der Waals surface area (Å²) in [4.78, 5) is 32.7. The quantitative estimate of drug-likeness (QED) is 0.238. The number of nitrogens with zero attached hydrogens (tertiary/aromatic N) is 5. The van der Waals surface area contributed by atoms with E-state index in [9.17, 15) is 18.4 Å². The van der Waals surface area contributed by atoms with Gasteiger partial charge < -0.3 is 20.5 Å². The van der Waals surface area contributed by atoms with E-state index in [0.717, 1.165) is 43.4 Å². The highest BCUT2D eigenvalue weighted by Gasteiger charge is 2.27. The third-order valence-corrected chi connectivity index (χ3v) is 7.68. The molecule has 12 nitrogen and oxygen atoms in total. The number of hydrogen-bond donors (Lipinski definition) is 3. The lowest BCUT2D eigenvalue weighted by Gasteiger charge is -2.28. The molecular formula is C26H30F2N8O4S. The van der Waals surface area contributed by atoms with Gasteiger partial charge >= 0.3 is 5.97 Å². The number of hydrogen-bond acceptors (Lipinski definition) is 11. The third kappa shape index (κ3) is 6.75. The molecule has 1 aliphatic heterocycles. The van der Waals surface area contributed by atoms with Gasteiger partial charge in [-0.3, -0.25) is 19.3 Å². The van der Waals surface area contributed by atoms with Gasteiger partial charge in [-0.2, -0.15) is 9.49 Å². The Bertz CT molecular complexity index is 1440. The van der Waals surface area contributed by atoms with E-state index in [1.807, 2.05) is 6.92 Å². The van der Waals surface area contributed by atoms with Gasteiger partial charge in [0.25, 0.3) is 5.91 Å². The maximum atomic E-state index is 14.7. The summed E-state index contributed by atoms with van der Waals surface area (Å²) in [7, 11) is 0. The minimum Gasteiger partial charge on any atom is -0.442 e. The molecule has 0 aromatic carbocycles. The van der Waals surface area contributed by atoms with E-state index in [1.54, 1.807) is 27.5 Å². The summed E-state index contributed by atoms with van der Waals surface area (Å²) >= 11 is 1.26. The summed E-state index contributed by atoms with van der Waals surface area (Å²) in [6, 6.07) is 1.91. The Labute approximate surface area is 238 Å². The number of hydrazine groups is 1. The van der Waals surface area contributed by atoms with Crippen LogP contribution in [0.2, 0.25) is 0 Å². The minimum atomic E-state index is -0.861. The fourth-order valence-corrected chi connectivity index (χ4v) is 5.54. The fraction of sp³-hybridized carbons (Fsp3) is 0.423. The highest BCUT2D eigenvalue weighted by atomic mass is 32.1. The summed E-state index contributed by atoms with van der Waals surface area (Å²) in [5.41, 5.74) is 9.16. The number of aromatic nitrogens is 4. The molecule has 1 saturated carbocycles.